The molecule has 18 nitrogen and oxygen atoms in total. The van der Waals surface area contributed by atoms with E-state index < -0.39 is 59.8 Å². The van der Waals surface area contributed by atoms with Crippen LogP contribution in [0.4, 0.5) is 42.0 Å². The zero-order chi connectivity index (χ0) is 46.9. The average molecular weight is 928 g/mol. The standard InChI is InChI=1S/C46H52F3N11O7/c1-55-34-22-50-44(53-38(34)59(27-6-3-4-7-27)25-46(48,49)43(55)66)51-31-21-30(47)29(20-35(31)67-2)39(62)54-58-16-12-26(13-17-58)57-23-45(24-57)14-18-56(19-15-45)32-9-5-8-28-37(32)42(65)60(41(28)64)33-10-11-36(61)52-40(33)63/h5,8-9,20-22,26-27,33H,3-4,6-7,10-19,23-25H2,1-2H3,(H,54,62)(H,50,51,53)(H,52,61,63). The molecule has 3 N–H and O–H groups in total. The summed E-state index contributed by atoms with van der Waals surface area (Å²) in [5.41, 5.74) is 4.26. The number of rotatable bonds is 9. The molecule has 5 fully saturated rings. The summed E-state index contributed by atoms with van der Waals surface area (Å²) in [4.78, 5) is 94.4. The number of methoxy groups -OCH3 is 1. The van der Waals surface area contributed by atoms with Gasteiger partial charge in [-0.1, -0.05) is 18.9 Å². The number of hydrogen-bond acceptors (Lipinski definition) is 14. The Hall–Kier alpha value is -6.35. The smallest absolute Gasteiger partial charge is 0.342 e. The second kappa shape index (κ2) is 17.1. The summed E-state index contributed by atoms with van der Waals surface area (Å²) in [6, 6.07) is 6.67. The Morgan fingerprint density at radius 2 is 1.63 bits per heavy atom. The molecule has 1 unspecified atom stereocenters. The summed E-state index contributed by atoms with van der Waals surface area (Å²) in [7, 11) is 2.64. The number of alkyl halides is 2. The highest BCUT2D eigenvalue weighted by molar-refractivity contribution is 6.25. The molecule has 6 aliphatic heterocycles. The van der Waals surface area contributed by atoms with E-state index in [4.69, 9.17) is 4.74 Å². The van der Waals surface area contributed by atoms with Crippen LogP contribution in [0.15, 0.2) is 36.5 Å². The van der Waals surface area contributed by atoms with Gasteiger partial charge in [0, 0.05) is 70.9 Å². The summed E-state index contributed by atoms with van der Waals surface area (Å²) in [5.74, 6) is -8.27. The van der Waals surface area contributed by atoms with Crippen molar-refractivity contribution in [3.05, 3.63) is 59.0 Å². The quantitative estimate of drug-likeness (QED) is 0.262. The second-order valence-corrected chi connectivity index (χ2v) is 18.9. The van der Waals surface area contributed by atoms with Crippen LogP contribution in [0.3, 0.4) is 0 Å². The molecule has 1 spiro atoms. The van der Waals surface area contributed by atoms with Crippen LogP contribution in [0.2, 0.25) is 0 Å². The maximum absolute atomic E-state index is 15.7. The Kier molecular flexibility index (Phi) is 11.3. The van der Waals surface area contributed by atoms with Crippen molar-refractivity contribution in [2.24, 2.45) is 5.41 Å². The van der Waals surface area contributed by atoms with Crippen LogP contribution >= 0.6 is 0 Å². The third kappa shape index (κ3) is 7.98. The first-order valence-corrected chi connectivity index (χ1v) is 23.0. The van der Waals surface area contributed by atoms with Crippen molar-refractivity contribution < 1.29 is 46.7 Å². The van der Waals surface area contributed by atoms with Gasteiger partial charge in [0.1, 0.15) is 23.3 Å². The van der Waals surface area contributed by atoms with Crippen molar-refractivity contribution >= 4 is 64.3 Å². The minimum Gasteiger partial charge on any atom is -0.495 e. The molecule has 7 heterocycles. The molecule has 1 aliphatic carbocycles. The number of likely N-dealkylation sites (tertiary alicyclic amines) is 1. The molecule has 1 atom stereocenters. The number of fused-ring (bicyclic) bond motifs is 2. The molecule has 3 aromatic rings. The van der Waals surface area contributed by atoms with E-state index in [0.717, 1.165) is 67.5 Å². The number of anilines is 5. The van der Waals surface area contributed by atoms with Gasteiger partial charge >= 0.3 is 5.92 Å². The SMILES string of the molecule is COc1cc(C(=O)NN2CCC(N3CC4(CCN(c5cccc6c5C(=O)N(C5CCC(=O)NC5=O)C6=O)CC4)C3)CC2)c(F)cc1Nc1ncc2c(n1)N(C1CCCC1)CC(F)(F)C(=O)N2C. The number of ether oxygens (including phenoxy) is 1. The van der Waals surface area contributed by atoms with E-state index in [9.17, 15) is 28.8 Å². The first kappa shape index (κ1) is 44.5. The predicted octanol–water partition coefficient (Wildman–Crippen LogP) is 3.84. The fraction of sp³-hybridized carbons (Fsp3) is 0.522. The second-order valence-electron chi connectivity index (χ2n) is 18.9. The molecular weight excluding hydrogens is 876 g/mol. The first-order chi connectivity index (χ1) is 32.1. The monoisotopic (exact) mass is 927 g/mol. The molecule has 67 heavy (non-hydrogen) atoms. The summed E-state index contributed by atoms with van der Waals surface area (Å²) < 4.78 is 51.4. The van der Waals surface area contributed by atoms with E-state index in [1.54, 1.807) is 17.1 Å². The lowest BCUT2D eigenvalue weighted by atomic mass is 9.70. The molecule has 0 bridgehead atoms. The molecule has 7 aliphatic rings. The Morgan fingerprint density at radius 1 is 0.896 bits per heavy atom. The number of hydrogen-bond donors (Lipinski definition) is 3. The number of imide groups is 2. The van der Waals surface area contributed by atoms with Crippen molar-refractivity contribution in [1.82, 2.24) is 35.5 Å². The number of halogens is 3. The number of nitrogens with zero attached hydrogens (tertiary/aromatic N) is 8. The molecule has 21 heteroatoms. The molecule has 354 valence electrons. The number of aromatic nitrogens is 2. The minimum absolute atomic E-state index is 0.0303. The van der Waals surface area contributed by atoms with E-state index in [1.165, 1.54) is 31.3 Å². The fourth-order valence-corrected chi connectivity index (χ4v) is 11.1. The lowest BCUT2D eigenvalue weighted by Gasteiger charge is -2.57. The fourth-order valence-electron chi connectivity index (χ4n) is 11.1. The van der Waals surface area contributed by atoms with Crippen molar-refractivity contribution in [3.63, 3.8) is 0 Å². The molecule has 6 amide bonds. The van der Waals surface area contributed by atoms with Crippen LogP contribution in [-0.2, 0) is 14.4 Å². The molecule has 10 rings (SSSR count). The maximum Gasteiger partial charge on any atom is 0.342 e. The normalized spacial score (nSPS) is 23.5. The number of amides is 6. The largest absolute Gasteiger partial charge is 0.495 e. The molecule has 0 radical (unpaired) electrons. The van der Waals surface area contributed by atoms with Gasteiger partial charge in [-0.15, -0.1) is 0 Å². The Bertz CT molecular complexity index is 2550. The van der Waals surface area contributed by atoms with Gasteiger partial charge in [0.2, 0.25) is 17.8 Å². The third-order valence-electron chi connectivity index (χ3n) is 14.8. The van der Waals surface area contributed by atoms with Crippen LogP contribution in [0.5, 0.6) is 5.75 Å². The van der Waals surface area contributed by atoms with Gasteiger partial charge in [-0.25, -0.2) is 14.4 Å². The lowest BCUT2D eigenvalue weighted by Crippen LogP contribution is -2.64. The van der Waals surface area contributed by atoms with Gasteiger partial charge in [-0.3, -0.25) is 49.3 Å². The number of hydrazine groups is 1. The van der Waals surface area contributed by atoms with Gasteiger partial charge in [-0.2, -0.15) is 13.8 Å². The highest BCUT2D eigenvalue weighted by atomic mass is 19.3. The van der Waals surface area contributed by atoms with Gasteiger partial charge in [0.25, 0.3) is 23.6 Å². The summed E-state index contributed by atoms with van der Waals surface area (Å²) in [6.07, 6.45) is 7.95. The molecule has 2 aromatic carbocycles. The summed E-state index contributed by atoms with van der Waals surface area (Å²) in [5, 5.41) is 6.97. The summed E-state index contributed by atoms with van der Waals surface area (Å²) in [6.45, 7) is 3.58. The number of piperidine rings is 3. The number of benzene rings is 2. The van der Waals surface area contributed by atoms with Crippen molar-refractivity contribution in [1.29, 1.82) is 0 Å². The van der Waals surface area contributed by atoms with E-state index in [0.29, 0.717) is 56.3 Å². The minimum atomic E-state index is -3.64. The van der Waals surface area contributed by atoms with E-state index in [-0.39, 0.29) is 64.3 Å². The van der Waals surface area contributed by atoms with E-state index in [1.807, 2.05) is 6.07 Å². The molecule has 4 saturated heterocycles. The van der Waals surface area contributed by atoms with Gasteiger partial charge < -0.3 is 24.8 Å². The number of nitrogens with one attached hydrogen (secondary N) is 3. The van der Waals surface area contributed by atoms with Crippen molar-refractivity contribution in [3.8, 4) is 5.75 Å². The number of carbonyl (C=O) groups excluding carboxylic acids is 6. The highest BCUT2D eigenvalue weighted by Crippen LogP contribution is 2.45. The Labute approximate surface area is 384 Å². The van der Waals surface area contributed by atoms with Crippen LogP contribution in [0.25, 0.3) is 0 Å². The number of carbonyl (C=O) groups is 6. The van der Waals surface area contributed by atoms with Crippen LogP contribution < -0.4 is 35.5 Å². The van der Waals surface area contributed by atoms with E-state index >= 15 is 13.2 Å². The Morgan fingerprint density at radius 3 is 2.33 bits per heavy atom. The topological polar surface area (TPSA) is 193 Å². The molecule has 1 saturated carbocycles. The predicted molar refractivity (Wildman–Crippen MR) is 237 cm³/mol. The average Bonchev–Trinajstić information content (AvgIpc) is 3.92. The highest BCUT2D eigenvalue weighted by Gasteiger charge is 2.51. The van der Waals surface area contributed by atoms with Gasteiger partial charge in [-0.05, 0) is 68.6 Å². The van der Waals surface area contributed by atoms with Crippen molar-refractivity contribution in [2.45, 2.75) is 88.3 Å². The molecular formula is C46H52F3N11O7. The lowest BCUT2D eigenvalue weighted by molar-refractivity contribution is -0.140. The summed E-state index contributed by atoms with van der Waals surface area (Å²) >= 11 is 0. The van der Waals surface area contributed by atoms with Gasteiger partial charge in [0.15, 0.2) is 5.82 Å². The molecule has 1 aromatic heterocycles. The van der Waals surface area contributed by atoms with Gasteiger partial charge in [0.05, 0.1) is 47.9 Å². The zero-order valence-electron chi connectivity index (χ0n) is 37.3. The maximum atomic E-state index is 15.7. The first-order valence-electron chi connectivity index (χ1n) is 23.0. The van der Waals surface area contributed by atoms with Crippen LogP contribution in [0.1, 0.15) is 95.3 Å². The third-order valence-corrected chi connectivity index (χ3v) is 14.8. The van der Waals surface area contributed by atoms with Crippen LogP contribution in [-0.4, -0.2) is 144 Å². The zero-order valence-corrected chi connectivity index (χ0v) is 37.3. The van der Waals surface area contributed by atoms with Crippen LogP contribution in [0, 0.1) is 11.2 Å². The Balaban J connectivity index is 0.727. The van der Waals surface area contributed by atoms with Crippen molar-refractivity contribution in [2.75, 3.05) is 80.0 Å². The van der Waals surface area contributed by atoms with E-state index in [2.05, 4.69) is 35.8 Å².